The van der Waals surface area contributed by atoms with Gasteiger partial charge in [0.2, 0.25) is 0 Å². The Morgan fingerprint density at radius 1 is 0.870 bits per heavy atom. The van der Waals surface area contributed by atoms with Crippen molar-refractivity contribution in [3.8, 4) is 0 Å². The molecule has 0 saturated heterocycles. The molecule has 0 bridgehead atoms. The molecule has 0 rings (SSSR count). The summed E-state index contributed by atoms with van der Waals surface area (Å²) in [5.74, 6) is -0.0638. The van der Waals surface area contributed by atoms with Gasteiger partial charge in [0.15, 0.2) is 0 Å². The Balaban J connectivity index is 0. The molecule has 3 heteroatoms. The molecule has 0 aliphatic rings. The smallest absolute Gasteiger partial charge is 0.311 e. The highest BCUT2D eigenvalue weighted by atomic mass is 16.5. The number of carbonyl (C=O) groups is 1. The molecule has 0 aromatic heterocycles. The molecule has 0 saturated carbocycles. The second-order valence-electron chi connectivity index (χ2n) is 7.84. The molecule has 140 valence electrons. The van der Waals surface area contributed by atoms with Crippen LogP contribution in [0.4, 0.5) is 0 Å². The number of ether oxygens (including phenoxy) is 1. The molecule has 0 spiro atoms. The normalized spacial score (nSPS) is 11.7. The molecule has 0 fully saturated rings. The fraction of sp³-hybridized carbons (Fsp3) is 0.950. The Kier molecular flexibility index (Phi) is 14.8. The van der Waals surface area contributed by atoms with Gasteiger partial charge in [-0.15, -0.1) is 0 Å². The molecule has 0 unspecified atom stereocenters. The van der Waals surface area contributed by atoms with Gasteiger partial charge in [0.25, 0.3) is 0 Å². The summed E-state index contributed by atoms with van der Waals surface area (Å²) in [6, 6.07) is 0. The number of aliphatic hydroxyl groups excluding tert-OH is 1. The van der Waals surface area contributed by atoms with Gasteiger partial charge in [-0.05, 0) is 39.0 Å². The van der Waals surface area contributed by atoms with Crippen LogP contribution in [0.3, 0.4) is 0 Å². The van der Waals surface area contributed by atoms with E-state index in [1.54, 1.807) is 0 Å². The van der Waals surface area contributed by atoms with Crippen LogP contribution in [-0.4, -0.2) is 24.3 Å². The number of esters is 1. The summed E-state index contributed by atoms with van der Waals surface area (Å²) in [4.78, 5) is 11.4. The average molecular weight is 331 g/mol. The third-order valence-corrected chi connectivity index (χ3v) is 4.12. The topological polar surface area (TPSA) is 46.5 Å². The van der Waals surface area contributed by atoms with E-state index in [1.165, 1.54) is 32.1 Å². The molecule has 23 heavy (non-hydrogen) atoms. The van der Waals surface area contributed by atoms with Crippen LogP contribution in [0.1, 0.15) is 99.8 Å². The lowest BCUT2D eigenvalue weighted by atomic mass is 9.87. The van der Waals surface area contributed by atoms with Crippen molar-refractivity contribution in [2.24, 2.45) is 10.8 Å². The van der Waals surface area contributed by atoms with Crippen LogP contribution in [0, 0.1) is 10.8 Å². The van der Waals surface area contributed by atoms with Crippen molar-refractivity contribution in [3.63, 3.8) is 0 Å². The summed E-state index contributed by atoms with van der Waals surface area (Å²) in [6.45, 7) is 15.2. The monoisotopic (exact) mass is 330 g/mol. The lowest BCUT2D eigenvalue weighted by Gasteiger charge is -2.21. The maximum Gasteiger partial charge on any atom is 0.311 e. The minimum absolute atomic E-state index is 0.0638. The quantitative estimate of drug-likeness (QED) is 0.388. The largest absolute Gasteiger partial charge is 0.466 e. The summed E-state index contributed by atoms with van der Waals surface area (Å²) < 4.78 is 5.00. The van der Waals surface area contributed by atoms with Gasteiger partial charge in [0.05, 0.1) is 12.0 Å². The fourth-order valence-electron chi connectivity index (χ4n) is 2.18. The van der Waals surface area contributed by atoms with Crippen LogP contribution in [0.15, 0.2) is 0 Å². The molecule has 0 aromatic rings. The standard InChI is InChI=1S/C11H22O2.C9H20O/c1-5-7-8-9-11(3,4)10(12)13-6-2;1-4-5-6-7-9(2,3)8-10/h5-9H2,1-4H3;10H,4-8H2,1-3H3. The van der Waals surface area contributed by atoms with Gasteiger partial charge >= 0.3 is 5.97 Å². The first-order valence-corrected chi connectivity index (χ1v) is 9.45. The molecule has 1 N–H and O–H groups in total. The van der Waals surface area contributed by atoms with E-state index < -0.39 is 0 Å². The molecular formula is C20H42O3. The van der Waals surface area contributed by atoms with Crippen LogP contribution < -0.4 is 0 Å². The highest BCUT2D eigenvalue weighted by Crippen LogP contribution is 2.25. The van der Waals surface area contributed by atoms with Gasteiger partial charge < -0.3 is 9.84 Å². The molecule has 0 aliphatic carbocycles. The summed E-state index contributed by atoms with van der Waals surface area (Å²) in [7, 11) is 0. The van der Waals surface area contributed by atoms with E-state index in [4.69, 9.17) is 9.84 Å². The van der Waals surface area contributed by atoms with Crippen LogP contribution in [0.2, 0.25) is 0 Å². The number of hydrogen-bond donors (Lipinski definition) is 1. The van der Waals surface area contributed by atoms with Crippen molar-refractivity contribution < 1.29 is 14.6 Å². The molecule has 0 atom stereocenters. The maximum atomic E-state index is 11.4. The van der Waals surface area contributed by atoms with Crippen molar-refractivity contribution in [2.75, 3.05) is 13.2 Å². The van der Waals surface area contributed by atoms with Crippen molar-refractivity contribution in [2.45, 2.75) is 99.8 Å². The van der Waals surface area contributed by atoms with E-state index >= 15 is 0 Å². The fourth-order valence-corrected chi connectivity index (χ4v) is 2.18. The van der Waals surface area contributed by atoms with Gasteiger partial charge in [-0.1, -0.05) is 66.2 Å². The van der Waals surface area contributed by atoms with Crippen molar-refractivity contribution >= 4 is 5.97 Å². The van der Waals surface area contributed by atoms with Crippen LogP contribution in [0.25, 0.3) is 0 Å². The van der Waals surface area contributed by atoms with Gasteiger partial charge in [-0.3, -0.25) is 4.79 Å². The Labute approximate surface area is 145 Å². The van der Waals surface area contributed by atoms with Gasteiger partial charge in [0, 0.05) is 6.61 Å². The lowest BCUT2D eigenvalue weighted by Crippen LogP contribution is -2.26. The number of carbonyl (C=O) groups excluding carboxylic acids is 1. The highest BCUT2D eigenvalue weighted by molar-refractivity contribution is 5.75. The average Bonchev–Trinajstić information content (AvgIpc) is 2.48. The second kappa shape index (κ2) is 13.8. The zero-order chi connectivity index (χ0) is 18.4. The van der Waals surface area contributed by atoms with E-state index in [9.17, 15) is 4.79 Å². The Morgan fingerprint density at radius 2 is 1.35 bits per heavy atom. The summed E-state index contributed by atoms with van der Waals surface area (Å²) >= 11 is 0. The molecule has 0 aromatic carbocycles. The molecule has 0 radical (unpaired) electrons. The lowest BCUT2D eigenvalue weighted by molar-refractivity contribution is -0.153. The minimum Gasteiger partial charge on any atom is -0.466 e. The van der Waals surface area contributed by atoms with Crippen LogP contribution >= 0.6 is 0 Å². The molecule has 0 amide bonds. The first-order valence-electron chi connectivity index (χ1n) is 9.45. The van der Waals surface area contributed by atoms with Crippen LogP contribution in [-0.2, 0) is 9.53 Å². The zero-order valence-electron chi connectivity index (χ0n) is 16.8. The van der Waals surface area contributed by atoms with E-state index in [0.29, 0.717) is 13.2 Å². The minimum atomic E-state index is -0.300. The van der Waals surface area contributed by atoms with Crippen molar-refractivity contribution in [3.05, 3.63) is 0 Å². The zero-order valence-corrected chi connectivity index (χ0v) is 16.8. The first kappa shape index (κ1) is 24.7. The molecular weight excluding hydrogens is 288 g/mol. The predicted molar refractivity (Wildman–Crippen MR) is 99.6 cm³/mol. The molecule has 0 aliphatic heterocycles. The Morgan fingerprint density at radius 3 is 1.74 bits per heavy atom. The molecule has 0 heterocycles. The summed E-state index contributed by atoms with van der Waals surface area (Å²) in [5.41, 5.74) is -0.152. The first-order chi connectivity index (χ1) is 10.7. The Bertz CT molecular complexity index is 283. The van der Waals surface area contributed by atoms with E-state index in [-0.39, 0.29) is 16.8 Å². The number of aliphatic hydroxyl groups is 1. The van der Waals surface area contributed by atoms with E-state index in [1.807, 2.05) is 20.8 Å². The van der Waals surface area contributed by atoms with E-state index in [0.717, 1.165) is 19.3 Å². The maximum absolute atomic E-state index is 11.4. The third-order valence-electron chi connectivity index (χ3n) is 4.12. The summed E-state index contributed by atoms with van der Waals surface area (Å²) in [5, 5.41) is 8.89. The highest BCUT2D eigenvalue weighted by Gasteiger charge is 2.28. The SMILES string of the molecule is CCCCCC(C)(C)C(=O)OCC.CCCCCC(C)(C)CO. The third kappa shape index (κ3) is 14.7. The molecule has 3 nitrogen and oxygen atoms in total. The van der Waals surface area contributed by atoms with Crippen molar-refractivity contribution in [1.29, 1.82) is 0 Å². The van der Waals surface area contributed by atoms with Crippen LogP contribution in [0.5, 0.6) is 0 Å². The second-order valence-corrected chi connectivity index (χ2v) is 7.84. The van der Waals surface area contributed by atoms with Crippen molar-refractivity contribution in [1.82, 2.24) is 0 Å². The summed E-state index contributed by atoms with van der Waals surface area (Å²) in [6.07, 6.45) is 9.40. The number of hydrogen-bond acceptors (Lipinski definition) is 3. The van der Waals surface area contributed by atoms with Gasteiger partial charge in [0.1, 0.15) is 0 Å². The number of rotatable bonds is 11. The predicted octanol–water partition coefficient (Wildman–Crippen LogP) is 5.74. The Hall–Kier alpha value is -0.570. The number of unbranched alkanes of at least 4 members (excludes halogenated alkanes) is 4. The van der Waals surface area contributed by atoms with Gasteiger partial charge in [-0.25, -0.2) is 0 Å². The van der Waals surface area contributed by atoms with E-state index in [2.05, 4.69) is 27.7 Å². The van der Waals surface area contributed by atoms with Gasteiger partial charge in [-0.2, -0.15) is 0 Å².